The van der Waals surface area contributed by atoms with E-state index in [2.05, 4.69) is 20.6 Å². The summed E-state index contributed by atoms with van der Waals surface area (Å²) in [6, 6.07) is 2.37. The fraction of sp³-hybridized carbons (Fsp3) is 0.421. The van der Waals surface area contributed by atoms with E-state index in [1.165, 1.54) is 0 Å². The van der Waals surface area contributed by atoms with E-state index in [1.54, 1.807) is 19.9 Å². The lowest BCUT2D eigenvalue weighted by molar-refractivity contribution is -0.119. The number of nitrogens with one attached hydrogen (secondary N) is 2. The molecule has 2 aliphatic heterocycles. The summed E-state index contributed by atoms with van der Waals surface area (Å²) in [6.07, 6.45) is 0.809. The van der Waals surface area contributed by atoms with E-state index >= 15 is 0 Å². The van der Waals surface area contributed by atoms with Crippen LogP contribution in [0.3, 0.4) is 0 Å². The predicted molar refractivity (Wildman–Crippen MR) is 97.9 cm³/mol. The first-order valence-corrected chi connectivity index (χ1v) is 8.98. The van der Waals surface area contributed by atoms with E-state index in [4.69, 9.17) is 4.74 Å². The molecule has 0 bridgehead atoms. The molecule has 2 atom stereocenters. The van der Waals surface area contributed by atoms with Crippen LogP contribution >= 0.6 is 0 Å². The molecular weight excluding hydrogens is 370 g/mol. The Morgan fingerprint density at radius 1 is 1.32 bits per heavy atom. The third-order valence-electron chi connectivity index (χ3n) is 5.23. The lowest BCUT2D eigenvalue weighted by atomic mass is 9.85. The summed E-state index contributed by atoms with van der Waals surface area (Å²) in [6.45, 7) is 4.02. The Labute approximate surface area is 160 Å². The summed E-state index contributed by atoms with van der Waals surface area (Å²) < 4.78 is 34.2. The smallest absolute Gasteiger partial charge is 0.234 e. The van der Waals surface area contributed by atoms with E-state index in [0.717, 1.165) is 12.3 Å². The predicted octanol–water partition coefficient (Wildman–Crippen LogP) is 2.21. The lowest BCUT2D eigenvalue weighted by Crippen LogP contribution is -2.42. The van der Waals surface area contributed by atoms with E-state index < -0.39 is 23.2 Å². The highest BCUT2D eigenvalue weighted by Crippen LogP contribution is 2.41. The van der Waals surface area contributed by atoms with Gasteiger partial charge in [-0.2, -0.15) is 0 Å². The Morgan fingerprint density at radius 2 is 2.11 bits per heavy atom. The second kappa shape index (κ2) is 6.75. The van der Waals surface area contributed by atoms with Crippen molar-refractivity contribution in [3.8, 4) is 11.3 Å². The minimum Gasteiger partial charge on any atom is -0.389 e. The van der Waals surface area contributed by atoms with Crippen LogP contribution in [-0.4, -0.2) is 46.3 Å². The number of nitrogens with zero attached hydrogens (tertiary/aromatic N) is 2. The van der Waals surface area contributed by atoms with Crippen molar-refractivity contribution < 1.29 is 23.4 Å². The number of hydrogen-bond acceptors (Lipinski definition) is 6. The van der Waals surface area contributed by atoms with Crippen LogP contribution in [0.1, 0.15) is 25.8 Å². The average molecular weight is 390 g/mol. The van der Waals surface area contributed by atoms with Crippen molar-refractivity contribution in [2.24, 2.45) is 0 Å². The van der Waals surface area contributed by atoms with Gasteiger partial charge in [0.25, 0.3) is 0 Å². The summed E-state index contributed by atoms with van der Waals surface area (Å²) in [5.74, 6) is -1.57. The zero-order valence-electron chi connectivity index (χ0n) is 15.4. The molecule has 4 rings (SSSR count). The first-order chi connectivity index (χ1) is 13.3. The summed E-state index contributed by atoms with van der Waals surface area (Å²) in [5, 5.41) is 15.5. The highest BCUT2D eigenvalue weighted by molar-refractivity contribution is 6.06. The molecule has 1 saturated heterocycles. The van der Waals surface area contributed by atoms with Crippen LogP contribution in [0.5, 0.6) is 0 Å². The Kier molecular flexibility index (Phi) is 4.51. The van der Waals surface area contributed by atoms with Gasteiger partial charge in [-0.05, 0) is 38.0 Å². The summed E-state index contributed by atoms with van der Waals surface area (Å²) in [7, 11) is 0. The molecular formula is C19H20F2N4O3. The number of carbonyl (C=O) groups excluding carboxylic acids is 1. The second-order valence-electron chi connectivity index (χ2n) is 7.53. The van der Waals surface area contributed by atoms with Gasteiger partial charge in [0.15, 0.2) is 5.82 Å². The second-order valence-corrected chi connectivity index (χ2v) is 7.53. The molecule has 3 heterocycles. The topological polar surface area (TPSA) is 96.4 Å². The molecule has 0 unspecified atom stereocenters. The molecule has 148 valence electrons. The fourth-order valence-electron chi connectivity index (χ4n) is 3.45. The Morgan fingerprint density at radius 3 is 2.86 bits per heavy atom. The summed E-state index contributed by atoms with van der Waals surface area (Å²) in [5.41, 5.74) is -0.271. The average Bonchev–Trinajstić information content (AvgIpc) is 2.89. The van der Waals surface area contributed by atoms with Gasteiger partial charge < -0.3 is 20.5 Å². The first-order valence-electron chi connectivity index (χ1n) is 8.98. The molecule has 1 aromatic carbocycles. The minimum absolute atomic E-state index is 0.0871. The number of benzene rings is 1. The number of ether oxygens (including phenoxy) is 1. The molecule has 1 fully saturated rings. The minimum atomic E-state index is -0.941. The molecule has 1 aromatic heterocycles. The fourth-order valence-corrected chi connectivity index (χ4v) is 3.45. The molecule has 0 aliphatic carbocycles. The summed E-state index contributed by atoms with van der Waals surface area (Å²) in [4.78, 5) is 20.2. The van der Waals surface area contributed by atoms with Crippen LogP contribution in [0, 0.1) is 11.6 Å². The van der Waals surface area contributed by atoms with Gasteiger partial charge >= 0.3 is 0 Å². The number of aromatic nitrogens is 2. The van der Waals surface area contributed by atoms with Crippen molar-refractivity contribution in [3.63, 3.8) is 0 Å². The van der Waals surface area contributed by atoms with Crippen molar-refractivity contribution in [1.82, 2.24) is 9.97 Å². The molecule has 3 N–H and O–H groups in total. The normalized spacial score (nSPS) is 23.2. The molecule has 0 radical (unpaired) electrons. The highest BCUT2D eigenvalue weighted by atomic mass is 19.1. The third kappa shape index (κ3) is 3.10. The number of fused-ring (bicyclic) bond motifs is 1. The van der Waals surface area contributed by atoms with Crippen molar-refractivity contribution >= 4 is 17.5 Å². The lowest BCUT2D eigenvalue weighted by Gasteiger charge is -2.28. The number of hydrogen-bond donors (Lipinski definition) is 3. The van der Waals surface area contributed by atoms with E-state index in [9.17, 15) is 18.7 Å². The van der Waals surface area contributed by atoms with Crippen LogP contribution in [-0.2, 0) is 14.9 Å². The van der Waals surface area contributed by atoms with Gasteiger partial charge in [0.05, 0.1) is 36.1 Å². The molecule has 28 heavy (non-hydrogen) atoms. The van der Waals surface area contributed by atoms with Crippen molar-refractivity contribution in [2.75, 3.05) is 23.8 Å². The standard InChI is InChI=1S/C19H20F2N4O3/c1-19(2)10-5-9(6-11(20)16(10)24-17(19)27)15-12(21)7-22-18(25-15)23-13-3-4-28-8-14(13)26/h5-7,13-14,26H,3-4,8H2,1-2H3,(H,24,27)(H,22,23,25)/t13-,14-/m1/s1. The molecule has 9 heteroatoms. The van der Waals surface area contributed by atoms with Crippen molar-refractivity contribution in [1.29, 1.82) is 0 Å². The Balaban J connectivity index is 1.71. The largest absolute Gasteiger partial charge is 0.389 e. The van der Waals surface area contributed by atoms with E-state index in [-0.39, 0.29) is 41.4 Å². The molecule has 0 saturated carbocycles. The molecule has 1 amide bonds. The number of anilines is 2. The zero-order valence-corrected chi connectivity index (χ0v) is 15.4. The van der Waals surface area contributed by atoms with E-state index in [1.807, 2.05) is 0 Å². The van der Waals surface area contributed by atoms with Crippen LogP contribution < -0.4 is 10.6 Å². The number of amides is 1. The van der Waals surface area contributed by atoms with Crippen molar-refractivity contribution in [3.05, 3.63) is 35.5 Å². The molecule has 2 aliphatic rings. The Bertz CT molecular complexity index is 951. The maximum Gasteiger partial charge on any atom is 0.234 e. The number of rotatable bonds is 3. The van der Waals surface area contributed by atoms with Crippen LogP contribution in [0.25, 0.3) is 11.3 Å². The zero-order chi connectivity index (χ0) is 20.1. The SMILES string of the molecule is CC1(C)C(=O)Nc2c(F)cc(-c3nc(N[C@@H]4CCOC[C@H]4O)ncc3F)cc21. The van der Waals surface area contributed by atoms with Gasteiger partial charge in [0, 0.05) is 12.2 Å². The van der Waals surface area contributed by atoms with Crippen LogP contribution in [0.4, 0.5) is 20.4 Å². The number of aliphatic hydroxyl groups is 1. The monoisotopic (exact) mass is 390 g/mol. The molecule has 0 spiro atoms. The van der Waals surface area contributed by atoms with Crippen LogP contribution in [0.2, 0.25) is 0 Å². The number of halogens is 2. The van der Waals surface area contributed by atoms with Gasteiger partial charge in [0.1, 0.15) is 11.5 Å². The van der Waals surface area contributed by atoms with Gasteiger partial charge in [0.2, 0.25) is 11.9 Å². The number of aliphatic hydroxyl groups excluding tert-OH is 1. The van der Waals surface area contributed by atoms with Gasteiger partial charge in [-0.1, -0.05) is 0 Å². The van der Waals surface area contributed by atoms with Crippen molar-refractivity contribution in [2.45, 2.75) is 37.8 Å². The van der Waals surface area contributed by atoms with E-state index in [0.29, 0.717) is 18.6 Å². The first kappa shape index (κ1) is 18.7. The third-order valence-corrected chi connectivity index (χ3v) is 5.23. The maximum atomic E-state index is 14.6. The highest BCUT2D eigenvalue weighted by Gasteiger charge is 2.40. The molecule has 2 aromatic rings. The van der Waals surface area contributed by atoms with Gasteiger partial charge in [-0.3, -0.25) is 4.79 Å². The number of carbonyl (C=O) groups is 1. The quantitative estimate of drug-likeness (QED) is 0.744. The van der Waals surface area contributed by atoms with Gasteiger partial charge in [-0.15, -0.1) is 0 Å². The van der Waals surface area contributed by atoms with Crippen LogP contribution in [0.15, 0.2) is 18.3 Å². The Hall–Kier alpha value is -2.65. The van der Waals surface area contributed by atoms with Gasteiger partial charge in [-0.25, -0.2) is 18.7 Å². The summed E-state index contributed by atoms with van der Waals surface area (Å²) >= 11 is 0. The molecule has 7 nitrogen and oxygen atoms in total. The maximum absolute atomic E-state index is 14.6.